The first-order valence-corrected chi connectivity index (χ1v) is 13.8. The normalized spacial score (nSPS) is 54.8. The van der Waals surface area contributed by atoms with Crippen LogP contribution in [0, 0.1) is 0 Å². The van der Waals surface area contributed by atoms with Crippen molar-refractivity contribution in [2.75, 3.05) is 13.2 Å². The summed E-state index contributed by atoms with van der Waals surface area (Å²) in [5.41, 5.74) is 0. The Balaban J connectivity index is 1.62. The minimum absolute atomic E-state index is 0.832. The van der Waals surface area contributed by atoms with Gasteiger partial charge in [-0.3, -0.25) is 0 Å². The van der Waals surface area contributed by atoms with Crippen molar-refractivity contribution < 1.29 is 94.4 Å². The molecule has 252 valence electrons. The third kappa shape index (κ3) is 7.00. The molecule has 19 heteroatoms. The van der Waals surface area contributed by atoms with Gasteiger partial charge in [0.25, 0.3) is 0 Å². The van der Waals surface area contributed by atoms with Gasteiger partial charge in [0.15, 0.2) is 25.2 Å². The lowest BCUT2D eigenvalue weighted by Crippen LogP contribution is -2.67. The zero-order chi connectivity index (χ0) is 31.9. The molecule has 0 aliphatic carbocycles. The van der Waals surface area contributed by atoms with Gasteiger partial charge in [0.05, 0.1) is 25.4 Å². The van der Waals surface area contributed by atoms with Gasteiger partial charge in [0.2, 0.25) is 0 Å². The van der Waals surface area contributed by atoms with Gasteiger partial charge in [-0.2, -0.15) is 0 Å². The van der Waals surface area contributed by atoms with Crippen LogP contribution in [-0.2, 0) is 33.2 Å². The molecule has 0 aromatic carbocycles. The molecule has 4 aliphatic rings. The summed E-state index contributed by atoms with van der Waals surface area (Å²) in [5.74, 6) is 0. The highest BCUT2D eigenvalue weighted by atomic mass is 16.8. The summed E-state index contributed by atoms with van der Waals surface area (Å²) in [4.78, 5) is 0. The third-order valence-corrected chi connectivity index (χ3v) is 8.13. The molecular formula is C24H42O19. The molecule has 0 saturated carbocycles. The Labute approximate surface area is 244 Å². The van der Waals surface area contributed by atoms with E-state index < -0.39 is 136 Å². The van der Waals surface area contributed by atoms with Gasteiger partial charge in [0.1, 0.15) is 85.5 Å². The van der Waals surface area contributed by atoms with Crippen LogP contribution in [0.1, 0.15) is 13.8 Å². The topological polar surface area (TPSA) is 307 Å². The Morgan fingerprint density at radius 2 is 0.884 bits per heavy atom. The van der Waals surface area contributed by atoms with Crippen molar-refractivity contribution in [2.24, 2.45) is 0 Å². The second-order valence-corrected chi connectivity index (χ2v) is 11.1. The smallest absolute Gasteiger partial charge is 0.187 e. The first-order valence-electron chi connectivity index (χ1n) is 13.8. The van der Waals surface area contributed by atoms with Crippen LogP contribution in [-0.4, -0.2) is 197 Å². The minimum atomic E-state index is -1.97. The molecule has 0 aromatic rings. The molecule has 0 amide bonds. The average molecular weight is 635 g/mol. The molecule has 12 N–H and O–H groups in total. The molecule has 4 saturated heterocycles. The molecule has 19 nitrogen and oxygen atoms in total. The SMILES string of the molecule is C[C@@H]1O[C@H](O[C@@H]2[C@@H](O[C@@H]3[C@@H](O[C@H]4O[C@@H](C)[C@H](O)[C@@H](O)[C@@H]4O)[C@H](O)[C@@H](O)O[C@H]3CO)O[C@@H](CO)[C@H](O)[C@H]2O)[C@@H](O)[C@H](O)[C@H]1O. The van der Waals surface area contributed by atoms with Gasteiger partial charge in [-0.05, 0) is 13.8 Å². The maximum Gasteiger partial charge on any atom is 0.187 e. The van der Waals surface area contributed by atoms with Crippen LogP contribution >= 0.6 is 0 Å². The Bertz CT molecular complexity index is 886. The first kappa shape index (κ1) is 35.1. The van der Waals surface area contributed by atoms with Gasteiger partial charge < -0.3 is 94.4 Å². The molecule has 0 radical (unpaired) electrons. The Morgan fingerprint density at radius 1 is 0.419 bits per heavy atom. The summed E-state index contributed by atoms with van der Waals surface area (Å²) < 4.78 is 38.9. The van der Waals surface area contributed by atoms with Crippen LogP contribution in [0.15, 0.2) is 0 Å². The van der Waals surface area contributed by atoms with Gasteiger partial charge in [-0.25, -0.2) is 0 Å². The van der Waals surface area contributed by atoms with Crippen LogP contribution in [0.5, 0.6) is 0 Å². The fourth-order valence-corrected chi connectivity index (χ4v) is 5.40. The lowest BCUT2D eigenvalue weighted by molar-refractivity contribution is -0.398. The van der Waals surface area contributed by atoms with E-state index in [1.807, 2.05) is 0 Å². The highest BCUT2D eigenvalue weighted by molar-refractivity contribution is 4.97. The summed E-state index contributed by atoms with van der Waals surface area (Å²) in [5, 5.41) is 123. The van der Waals surface area contributed by atoms with Crippen LogP contribution in [0.2, 0.25) is 0 Å². The van der Waals surface area contributed by atoms with Crippen LogP contribution in [0.3, 0.4) is 0 Å². The number of hydrogen-bond donors (Lipinski definition) is 12. The molecule has 0 aromatic heterocycles. The monoisotopic (exact) mass is 634 g/mol. The van der Waals surface area contributed by atoms with E-state index in [2.05, 4.69) is 0 Å². The van der Waals surface area contributed by atoms with Crippen molar-refractivity contribution in [1.29, 1.82) is 0 Å². The van der Waals surface area contributed by atoms with Crippen molar-refractivity contribution in [3.63, 3.8) is 0 Å². The van der Waals surface area contributed by atoms with Crippen molar-refractivity contribution in [3.8, 4) is 0 Å². The summed E-state index contributed by atoms with van der Waals surface area (Å²) in [7, 11) is 0. The van der Waals surface area contributed by atoms with E-state index in [4.69, 9.17) is 33.2 Å². The Morgan fingerprint density at radius 3 is 1.37 bits per heavy atom. The maximum absolute atomic E-state index is 10.9. The van der Waals surface area contributed by atoms with E-state index in [1.54, 1.807) is 0 Å². The predicted octanol–water partition coefficient (Wildman–Crippen LogP) is -7.69. The summed E-state index contributed by atoms with van der Waals surface area (Å²) in [6.07, 6.45) is -33.2. The van der Waals surface area contributed by atoms with E-state index in [0.717, 1.165) is 0 Å². The minimum Gasteiger partial charge on any atom is -0.394 e. The highest BCUT2D eigenvalue weighted by Gasteiger charge is 2.55. The van der Waals surface area contributed by atoms with E-state index in [-0.39, 0.29) is 0 Å². The van der Waals surface area contributed by atoms with E-state index in [1.165, 1.54) is 13.8 Å². The van der Waals surface area contributed by atoms with Gasteiger partial charge in [-0.1, -0.05) is 0 Å². The highest BCUT2D eigenvalue weighted by Crippen LogP contribution is 2.35. The first-order chi connectivity index (χ1) is 20.2. The Kier molecular flexibility index (Phi) is 11.7. The number of rotatable bonds is 8. The molecule has 0 spiro atoms. The van der Waals surface area contributed by atoms with Gasteiger partial charge >= 0.3 is 0 Å². The molecule has 20 atom stereocenters. The van der Waals surface area contributed by atoms with Crippen molar-refractivity contribution in [2.45, 2.75) is 137 Å². The Hall–Kier alpha value is -0.760. The summed E-state index contributed by atoms with van der Waals surface area (Å²) in [6.45, 7) is 1.04. The third-order valence-electron chi connectivity index (χ3n) is 8.13. The van der Waals surface area contributed by atoms with Crippen molar-refractivity contribution in [3.05, 3.63) is 0 Å². The van der Waals surface area contributed by atoms with Gasteiger partial charge in [0, 0.05) is 0 Å². The molecule has 0 bridgehead atoms. The zero-order valence-corrected chi connectivity index (χ0v) is 23.2. The summed E-state index contributed by atoms with van der Waals surface area (Å²) >= 11 is 0. The molecule has 4 rings (SSSR count). The molecular weight excluding hydrogens is 592 g/mol. The lowest BCUT2D eigenvalue weighted by Gasteiger charge is -2.49. The average Bonchev–Trinajstić information content (AvgIpc) is 2.98. The standard InChI is InChI=1S/C24H42O19/c1-5-9(27)12(30)15(33)22(37-5)42-19-17(35)21(36)39-8(4-26)18(19)41-24-20(14(32)11(29)7(3-25)40-24)43-23-16(34)13(31)10(28)6(2)38-23/h5-36H,3-4H2,1-2H3/t5-,6-,7-,8-,9-,10-,11-,12+,13+,14+,15-,16-,17-,18-,19-,20-,21-,22+,23+,24+/m0/s1. The number of aliphatic hydroxyl groups excluding tert-OH is 12. The van der Waals surface area contributed by atoms with Crippen molar-refractivity contribution >= 4 is 0 Å². The maximum atomic E-state index is 10.9. The fourth-order valence-electron chi connectivity index (χ4n) is 5.40. The fraction of sp³-hybridized carbons (Fsp3) is 1.00. The van der Waals surface area contributed by atoms with Crippen molar-refractivity contribution in [1.82, 2.24) is 0 Å². The quantitative estimate of drug-likeness (QED) is 0.118. The number of aliphatic hydroxyl groups is 12. The summed E-state index contributed by atoms with van der Waals surface area (Å²) in [6, 6.07) is 0. The largest absolute Gasteiger partial charge is 0.394 e. The molecule has 0 unspecified atom stereocenters. The second-order valence-electron chi connectivity index (χ2n) is 11.1. The van der Waals surface area contributed by atoms with Crippen LogP contribution < -0.4 is 0 Å². The number of hydrogen-bond acceptors (Lipinski definition) is 19. The predicted molar refractivity (Wildman–Crippen MR) is 131 cm³/mol. The van der Waals surface area contributed by atoms with E-state index in [0.29, 0.717) is 0 Å². The van der Waals surface area contributed by atoms with Gasteiger partial charge in [-0.15, -0.1) is 0 Å². The molecule has 4 heterocycles. The molecule has 43 heavy (non-hydrogen) atoms. The molecule has 4 fully saturated rings. The van der Waals surface area contributed by atoms with Crippen LogP contribution in [0.4, 0.5) is 0 Å². The lowest BCUT2D eigenvalue weighted by atomic mass is 9.95. The molecule has 4 aliphatic heterocycles. The van der Waals surface area contributed by atoms with E-state index in [9.17, 15) is 61.3 Å². The number of ether oxygens (including phenoxy) is 7. The second kappa shape index (κ2) is 14.3. The van der Waals surface area contributed by atoms with E-state index >= 15 is 0 Å². The zero-order valence-electron chi connectivity index (χ0n) is 23.2. The van der Waals surface area contributed by atoms with Crippen LogP contribution in [0.25, 0.3) is 0 Å².